The molecular formula is C14H9BrClFO. The first-order valence-corrected chi connectivity index (χ1v) is 6.46. The Kier molecular flexibility index (Phi) is 4.15. The average Bonchev–Trinajstić information content (AvgIpc) is 2.35. The van der Waals surface area contributed by atoms with E-state index in [0.717, 1.165) is 10.0 Å². The second kappa shape index (κ2) is 5.63. The Morgan fingerprint density at radius 3 is 2.67 bits per heavy atom. The van der Waals surface area contributed by atoms with Crippen molar-refractivity contribution in [3.63, 3.8) is 0 Å². The summed E-state index contributed by atoms with van der Waals surface area (Å²) in [7, 11) is 0. The van der Waals surface area contributed by atoms with Gasteiger partial charge in [0.05, 0.1) is 5.02 Å². The molecule has 0 saturated heterocycles. The molecule has 0 aliphatic carbocycles. The lowest BCUT2D eigenvalue weighted by Crippen LogP contribution is -2.05. The molecule has 0 bridgehead atoms. The van der Waals surface area contributed by atoms with E-state index in [1.165, 1.54) is 18.2 Å². The van der Waals surface area contributed by atoms with Crippen LogP contribution in [0.15, 0.2) is 46.9 Å². The van der Waals surface area contributed by atoms with E-state index in [4.69, 9.17) is 11.6 Å². The van der Waals surface area contributed by atoms with Crippen molar-refractivity contribution in [2.75, 3.05) is 0 Å². The van der Waals surface area contributed by atoms with Gasteiger partial charge in [-0.3, -0.25) is 4.79 Å². The lowest BCUT2D eigenvalue weighted by molar-refractivity contribution is 0.0992. The summed E-state index contributed by atoms with van der Waals surface area (Å²) in [5.41, 5.74) is 1.07. The maximum absolute atomic E-state index is 13.1. The van der Waals surface area contributed by atoms with Crippen LogP contribution in [0, 0.1) is 5.82 Å². The number of rotatable bonds is 3. The lowest BCUT2D eigenvalue weighted by atomic mass is 10.0. The molecule has 4 heteroatoms. The Hall–Kier alpha value is -1.19. The molecule has 0 spiro atoms. The van der Waals surface area contributed by atoms with Crippen molar-refractivity contribution in [3.8, 4) is 0 Å². The minimum Gasteiger partial charge on any atom is -0.294 e. The summed E-state index contributed by atoms with van der Waals surface area (Å²) >= 11 is 9.27. The molecule has 0 aliphatic rings. The molecular weight excluding hydrogens is 319 g/mol. The molecule has 0 aliphatic heterocycles. The van der Waals surface area contributed by atoms with Crippen LogP contribution in [-0.2, 0) is 6.42 Å². The second-order valence-corrected chi connectivity index (χ2v) is 5.08. The molecule has 0 fully saturated rings. The third-order valence-electron chi connectivity index (χ3n) is 2.54. The number of carbonyl (C=O) groups is 1. The largest absolute Gasteiger partial charge is 0.294 e. The van der Waals surface area contributed by atoms with E-state index >= 15 is 0 Å². The van der Waals surface area contributed by atoms with Gasteiger partial charge in [-0.2, -0.15) is 0 Å². The Morgan fingerprint density at radius 1 is 1.22 bits per heavy atom. The maximum atomic E-state index is 13.1. The second-order valence-electron chi connectivity index (χ2n) is 3.82. The summed E-state index contributed by atoms with van der Waals surface area (Å²) in [4.78, 5) is 12.1. The molecule has 0 atom stereocenters. The first kappa shape index (κ1) is 13.2. The highest BCUT2D eigenvalue weighted by molar-refractivity contribution is 9.10. The van der Waals surface area contributed by atoms with Crippen LogP contribution < -0.4 is 0 Å². The normalized spacial score (nSPS) is 10.4. The molecule has 0 amide bonds. The van der Waals surface area contributed by atoms with Gasteiger partial charge >= 0.3 is 0 Å². The average molecular weight is 328 g/mol. The molecule has 0 saturated carbocycles. The summed E-state index contributed by atoms with van der Waals surface area (Å²) in [5, 5.41) is 0.272. The first-order chi connectivity index (χ1) is 8.58. The summed E-state index contributed by atoms with van der Waals surface area (Å²) in [5.74, 6) is -0.665. The third-order valence-corrected chi connectivity index (χ3v) is 3.64. The number of hydrogen-bond acceptors (Lipinski definition) is 1. The van der Waals surface area contributed by atoms with Crippen molar-refractivity contribution in [3.05, 3.63) is 68.9 Å². The number of hydrogen-bond donors (Lipinski definition) is 0. The lowest BCUT2D eigenvalue weighted by Gasteiger charge is -2.05. The topological polar surface area (TPSA) is 17.1 Å². The van der Waals surface area contributed by atoms with Crippen LogP contribution in [0.4, 0.5) is 4.39 Å². The van der Waals surface area contributed by atoms with Crippen LogP contribution in [0.25, 0.3) is 0 Å². The zero-order chi connectivity index (χ0) is 13.1. The van der Waals surface area contributed by atoms with Gasteiger partial charge < -0.3 is 0 Å². The monoisotopic (exact) mass is 326 g/mol. The van der Waals surface area contributed by atoms with Crippen LogP contribution in [0.2, 0.25) is 5.02 Å². The van der Waals surface area contributed by atoms with Gasteiger partial charge in [0, 0.05) is 16.5 Å². The predicted molar refractivity (Wildman–Crippen MR) is 73.6 cm³/mol. The third kappa shape index (κ3) is 2.98. The van der Waals surface area contributed by atoms with Crippen LogP contribution in [0.3, 0.4) is 0 Å². The van der Waals surface area contributed by atoms with Gasteiger partial charge in [-0.05, 0) is 29.8 Å². The number of carbonyl (C=O) groups excluding carboxylic acids is 1. The molecule has 18 heavy (non-hydrogen) atoms. The van der Waals surface area contributed by atoms with Gasteiger partial charge in [0.2, 0.25) is 0 Å². The summed E-state index contributed by atoms with van der Waals surface area (Å²) in [6, 6.07) is 11.2. The molecule has 0 heterocycles. The Morgan fingerprint density at radius 2 is 1.94 bits per heavy atom. The quantitative estimate of drug-likeness (QED) is 0.749. The fraction of sp³-hybridized carbons (Fsp3) is 0.0714. The number of benzene rings is 2. The van der Waals surface area contributed by atoms with E-state index in [1.54, 1.807) is 0 Å². The van der Waals surface area contributed by atoms with E-state index in [2.05, 4.69) is 15.9 Å². The number of ketones is 1. The van der Waals surface area contributed by atoms with Crippen LogP contribution in [0.1, 0.15) is 15.9 Å². The highest BCUT2D eigenvalue weighted by atomic mass is 79.9. The Bertz CT molecular complexity index is 598. The van der Waals surface area contributed by atoms with Crippen molar-refractivity contribution in [2.24, 2.45) is 0 Å². The van der Waals surface area contributed by atoms with Gasteiger partial charge in [0.25, 0.3) is 0 Å². The SMILES string of the molecule is O=C(Cc1ccccc1Br)c1cc(F)ccc1Cl. The van der Waals surface area contributed by atoms with E-state index in [0.29, 0.717) is 0 Å². The number of halogens is 3. The fourth-order valence-corrected chi connectivity index (χ4v) is 2.27. The molecule has 0 N–H and O–H groups in total. The molecule has 2 aromatic rings. The van der Waals surface area contributed by atoms with Crippen molar-refractivity contribution in [2.45, 2.75) is 6.42 Å². The zero-order valence-corrected chi connectivity index (χ0v) is 11.6. The highest BCUT2D eigenvalue weighted by Crippen LogP contribution is 2.22. The minimum absolute atomic E-state index is 0.185. The molecule has 92 valence electrons. The standard InChI is InChI=1S/C14H9BrClFO/c15-12-4-2-1-3-9(12)7-14(18)11-8-10(17)5-6-13(11)16/h1-6,8H,7H2. The summed E-state index contributed by atoms with van der Waals surface area (Å²) in [6.45, 7) is 0. The van der Waals surface area contributed by atoms with E-state index < -0.39 is 5.82 Å². The van der Waals surface area contributed by atoms with Crippen molar-refractivity contribution in [1.82, 2.24) is 0 Å². The number of Topliss-reactive ketones (excluding diaryl/α,β-unsaturated/α-hetero) is 1. The summed E-state index contributed by atoms with van der Waals surface area (Å²) in [6.07, 6.45) is 0.185. The van der Waals surface area contributed by atoms with Gasteiger partial charge in [-0.25, -0.2) is 4.39 Å². The van der Waals surface area contributed by atoms with Gasteiger partial charge in [-0.15, -0.1) is 0 Å². The first-order valence-electron chi connectivity index (χ1n) is 5.29. The summed E-state index contributed by atoms with van der Waals surface area (Å²) < 4.78 is 14.0. The minimum atomic E-state index is -0.463. The maximum Gasteiger partial charge on any atom is 0.168 e. The molecule has 0 aromatic heterocycles. The van der Waals surface area contributed by atoms with E-state index in [-0.39, 0.29) is 22.8 Å². The molecule has 0 unspecified atom stereocenters. The van der Waals surface area contributed by atoms with E-state index in [1.807, 2.05) is 24.3 Å². The van der Waals surface area contributed by atoms with E-state index in [9.17, 15) is 9.18 Å². The van der Waals surface area contributed by atoms with Crippen molar-refractivity contribution >= 4 is 33.3 Å². The Labute approximate surface area is 118 Å². The Balaban J connectivity index is 2.28. The predicted octanol–water partition coefficient (Wildman–Crippen LogP) is 4.67. The highest BCUT2D eigenvalue weighted by Gasteiger charge is 2.13. The fourth-order valence-electron chi connectivity index (χ4n) is 1.62. The van der Waals surface area contributed by atoms with Gasteiger partial charge in [-0.1, -0.05) is 45.7 Å². The van der Waals surface area contributed by atoms with Gasteiger partial charge in [0.15, 0.2) is 5.78 Å². The molecule has 1 nitrogen and oxygen atoms in total. The van der Waals surface area contributed by atoms with Crippen molar-refractivity contribution < 1.29 is 9.18 Å². The van der Waals surface area contributed by atoms with Gasteiger partial charge in [0.1, 0.15) is 5.82 Å². The smallest absolute Gasteiger partial charge is 0.168 e. The molecule has 0 radical (unpaired) electrons. The van der Waals surface area contributed by atoms with Crippen LogP contribution in [-0.4, -0.2) is 5.78 Å². The van der Waals surface area contributed by atoms with Crippen LogP contribution >= 0.6 is 27.5 Å². The van der Waals surface area contributed by atoms with Crippen LogP contribution in [0.5, 0.6) is 0 Å². The molecule has 2 aromatic carbocycles. The molecule has 2 rings (SSSR count). The zero-order valence-electron chi connectivity index (χ0n) is 9.29. The van der Waals surface area contributed by atoms with Crippen molar-refractivity contribution in [1.29, 1.82) is 0 Å².